The Morgan fingerprint density at radius 2 is 1.45 bits per heavy atom. The summed E-state index contributed by atoms with van der Waals surface area (Å²) in [5.41, 5.74) is -5.14. The van der Waals surface area contributed by atoms with E-state index in [1.807, 2.05) is 0 Å². The van der Waals surface area contributed by atoms with E-state index >= 15 is 0 Å². The van der Waals surface area contributed by atoms with Crippen molar-refractivity contribution in [1.82, 2.24) is 0 Å². The summed E-state index contributed by atoms with van der Waals surface area (Å²) in [4.78, 5) is 43.9. The number of benzene rings is 1. The number of carbonyl (C=O) groups excluding carboxylic acids is 2. The van der Waals surface area contributed by atoms with Crippen molar-refractivity contribution in [2.75, 3.05) is 0 Å². The molecule has 0 saturated heterocycles. The first kappa shape index (κ1) is 14.5. The van der Waals surface area contributed by atoms with Crippen molar-refractivity contribution in [3.05, 3.63) is 54.6 Å². The molecule has 0 unspecified atom stereocenters. The van der Waals surface area contributed by atoms with Crippen molar-refractivity contribution in [1.29, 1.82) is 10.5 Å². The van der Waals surface area contributed by atoms with Crippen LogP contribution in [0, 0.1) is 42.9 Å². The second kappa shape index (κ2) is 4.88. The maximum atomic E-state index is 12.2. The maximum Gasteiger partial charge on any atom is 0.357 e. The van der Waals surface area contributed by atoms with Crippen LogP contribution in [0.15, 0.2) is 23.3 Å². The zero-order valence-corrected chi connectivity index (χ0v) is 10.4. The van der Waals surface area contributed by atoms with Gasteiger partial charge < -0.3 is 0 Å². The molecule has 22 heavy (non-hydrogen) atoms. The topological polar surface area (TPSA) is 168 Å². The van der Waals surface area contributed by atoms with Gasteiger partial charge in [-0.25, -0.2) is 0 Å². The van der Waals surface area contributed by atoms with Crippen molar-refractivity contribution in [2.45, 2.75) is 0 Å². The van der Waals surface area contributed by atoms with Crippen molar-refractivity contribution in [3.8, 4) is 12.1 Å². The van der Waals surface area contributed by atoms with Gasteiger partial charge >= 0.3 is 11.4 Å². The number of carbonyl (C=O) groups is 2. The molecule has 1 aromatic carbocycles. The number of rotatable bonds is 2. The number of hydrogen-bond donors (Lipinski definition) is 0. The lowest BCUT2D eigenvalue weighted by atomic mass is 9.83. The van der Waals surface area contributed by atoms with Crippen LogP contribution < -0.4 is 0 Å². The van der Waals surface area contributed by atoms with E-state index in [0.717, 1.165) is 6.07 Å². The number of fused-ring (bicyclic) bond motifs is 1. The molecule has 2 rings (SSSR count). The molecule has 1 aliphatic carbocycles. The molecule has 0 N–H and O–H groups in total. The first-order valence-electron chi connectivity index (χ1n) is 5.44. The van der Waals surface area contributed by atoms with E-state index in [1.54, 1.807) is 0 Å². The zero-order chi connectivity index (χ0) is 16.6. The SMILES string of the molecule is N#CC1=C(C#N)C(=O)c2c(ccc([N+](=O)[O-])c2[N+](=O)[O-])C1=O. The van der Waals surface area contributed by atoms with E-state index < -0.39 is 55.1 Å². The number of nitrogens with zero attached hydrogens (tertiary/aromatic N) is 4. The fourth-order valence-electron chi connectivity index (χ4n) is 2.03. The predicted octanol–water partition coefficient (Wildman–Crippen LogP) is 1.23. The van der Waals surface area contributed by atoms with Gasteiger partial charge in [-0.2, -0.15) is 10.5 Å². The highest BCUT2D eigenvalue weighted by Gasteiger charge is 2.42. The van der Waals surface area contributed by atoms with Gasteiger partial charge in [0.1, 0.15) is 28.8 Å². The molecule has 106 valence electrons. The van der Waals surface area contributed by atoms with Crippen LogP contribution in [0.25, 0.3) is 0 Å². The number of Topliss-reactive ketones (excluding diaryl/α,β-unsaturated/α-hetero) is 2. The van der Waals surface area contributed by atoms with E-state index in [0.29, 0.717) is 6.07 Å². The summed E-state index contributed by atoms with van der Waals surface area (Å²) < 4.78 is 0. The van der Waals surface area contributed by atoms with Crippen molar-refractivity contribution in [2.24, 2.45) is 0 Å². The van der Waals surface area contributed by atoms with Crippen molar-refractivity contribution >= 4 is 22.9 Å². The minimum Gasteiger partial charge on any atom is -0.288 e. The Kier molecular flexibility index (Phi) is 3.21. The standard InChI is InChI=1S/C12H2N4O6/c13-3-6-7(4-14)12(18)9-5(11(6)17)1-2-8(15(19)20)10(9)16(21)22/h1-2H. The highest BCUT2D eigenvalue weighted by molar-refractivity contribution is 6.31. The van der Waals surface area contributed by atoms with E-state index in [4.69, 9.17) is 10.5 Å². The summed E-state index contributed by atoms with van der Waals surface area (Å²) in [7, 11) is 0. The molecule has 10 heteroatoms. The second-order valence-electron chi connectivity index (χ2n) is 4.00. The average molecular weight is 298 g/mol. The smallest absolute Gasteiger partial charge is 0.288 e. The third kappa shape index (κ3) is 1.80. The molecule has 1 aromatic rings. The number of allylic oxidation sites excluding steroid dienone is 2. The lowest BCUT2D eigenvalue weighted by Crippen LogP contribution is -2.22. The lowest BCUT2D eigenvalue weighted by molar-refractivity contribution is -0.422. The third-order valence-electron chi connectivity index (χ3n) is 2.94. The van der Waals surface area contributed by atoms with Gasteiger partial charge in [-0.1, -0.05) is 0 Å². The first-order chi connectivity index (χ1) is 10.3. The molecule has 0 spiro atoms. The summed E-state index contributed by atoms with van der Waals surface area (Å²) in [5, 5.41) is 39.6. The van der Waals surface area contributed by atoms with E-state index in [1.165, 1.54) is 12.1 Å². The van der Waals surface area contributed by atoms with Crippen molar-refractivity contribution < 1.29 is 19.4 Å². The summed E-state index contributed by atoms with van der Waals surface area (Å²) in [6, 6.07) is 4.29. The average Bonchev–Trinajstić information content (AvgIpc) is 2.48. The summed E-state index contributed by atoms with van der Waals surface area (Å²) in [5.74, 6) is -2.32. The van der Waals surface area contributed by atoms with Crippen LogP contribution >= 0.6 is 0 Å². The fourth-order valence-corrected chi connectivity index (χ4v) is 2.03. The molecular formula is C12H2N4O6. The van der Waals surface area contributed by atoms with Gasteiger partial charge in [0.25, 0.3) is 0 Å². The minimum absolute atomic E-state index is 0.516. The Balaban J connectivity index is 2.96. The maximum absolute atomic E-state index is 12.2. The highest BCUT2D eigenvalue weighted by Crippen LogP contribution is 2.38. The van der Waals surface area contributed by atoms with Crippen LogP contribution in [0.4, 0.5) is 11.4 Å². The number of nitro benzene ring substituents is 2. The Hall–Kier alpha value is -3.92. The first-order valence-corrected chi connectivity index (χ1v) is 5.44. The van der Waals surface area contributed by atoms with Crippen LogP contribution in [-0.4, -0.2) is 21.4 Å². The zero-order valence-electron chi connectivity index (χ0n) is 10.4. The van der Waals surface area contributed by atoms with Crippen LogP contribution in [0.3, 0.4) is 0 Å². The fraction of sp³-hybridized carbons (Fsp3) is 0. The number of nitro groups is 2. The lowest BCUT2D eigenvalue weighted by Gasteiger charge is -2.13. The summed E-state index contributed by atoms with van der Waals surface area (Å²) in [6.07, 6.45) is 0. The Morgan fingerprint density at radius 1 is 0.909 bits per heavy atom. The minimum atomic E-state index is -1.26. The van der Waals surface area contributed by atoms with Crippen LogP contribution in [0.2, 0.25) is 0 Å². The Morgan fingerprint density at radius 3 is 1.91 bits per heavy atom. The van der Waals surface area contributed by atoms with E-state index in [2.05, 4.69) is 0 Å². The molecule has 0 radical (unpaired) electrons. The van der Waals surface area contributed by atoms with Crippen LogP contribution in [0.1, 0.15) is 20.7 Å². The summed E-state index contributed by atoms with van der Waals surface area (Å²) in [6.45, 7) is 0. The molecule has 0 amide bonds. The molecular weight excluding hydrogens is 296 g/mol. The molecule has 0 aliphatic heterocycles. The second-order valence-corrected chi connectivity index (χ2v) is 4.00. The Labute approximate surface area is 120 Å². The molecule has 0 bridgehead atoms. The van der Waals surface area contributed by atoms with Crippen LogP contribution in [-0.2, 0) is 0 Å². The number of hydrogen-bond acceptors (Lipinski definition) is 8. The van der Waals surface area contributed by atoms with Gasteiger partial charge in [0, 0.05) is 11.6 Å². The number of ketones is 2. The monoisotopic (exact) mass is 298 g/mol. The van der Waals surface area contributed by atoms with Gasteiger partial charge in [0.2, 0.25) is 11.6 Å². The normalized spacial score (nSPS) is 13.2. The largest absolute Gasteiger partial charge is 0.357 e. The summed E-state index contributed by atoms with van der Waals surface area (Å²) >= 11 is 0. The molecule has 0 fully saturated rings. The quantitative estimate of drug-likeness (QED) is 0.579. The molecule has 0 atom stereocenters. The molecule has 0 heterocycles. The van der Waals surface area contributed by atoms with Crippen molar-refractivity contribution in [3.63, 3.8) is 0 Å². The van der Waals surface area contributed by atoms with Gasteiger partial charge in [0.05, 0.1) is 9.85 Å². The van der Waals surface area contributed by atoms with Gasteiger partial charge in [-0.3, -0.25) is 29.8 Å². The van der Waals surface area contributed by atoms with E-state index in [9.17, 15) is 29.8 Å². The molecule has 0 aromatic heterocycles. The Bertz CT molecular complexity index is 899. The van der Waals surface area contributed by atoms with E-state index in [-0.39, 0.29) is 0 Å². The molecule has 1 aliphatic rings. The van der Waals surface area contributed by atoms with Crippen LogP contribution in [0.5, 0.6) is 0 Å². The van der Waals surface area contributed by atoms with Gasteiger partial charge in [-0.15, -0.1) is 0 Å². The third-order valence-corrected chi connectivity index (χ3v) is 2.94. The molecule has 10 nitrogen and oxygen atoms in total. The predicted molar refractivity (Wildman–Crippen MR) is 66.7 cm³/mol. The molecule has 0 saturated carbocycles. The van der Waals surface area contributed by atoms with Gasteiger partial charge in [0.15, 0.2) is 0 Å². The highest BCUT2D eigenvalue weighted by atomic mass is 16.6. The van der Waals surface area contributed by atoms with Gasteiger partial charge in [-0.05, 0) is 6.07 Å². The number of nitriles is 2.